The number of aromatic nitrogens is 1. The second-order valence-corrected chi connectivity index (χ2v) is 12.1. The second-order valence-electron chi connectivity index (χ2n) is 9.97. The zero-order valence-electron chi connectivity index (χ0n) is 19.8. The molecule has 2 aliphatic carbocycles. The number of carbonyl (C=O) groups excluding carboxylic acids is 1. The lowest BCUT2D eigenvalue weighted by molar-refractivity contribution is -0.141. The van der Waals surface area contributed by atoms with Crippen LogP contribution in [0.3, 0.4) is 0 Å². The molecule has 2 unspecified atom stereocenters. The maximum Gasteiger partial charge on any atom is 0.305 e. The fraction of sp³-hybridized carbons (Fsp3) is 0.520. The highest BCUT2D eigenvalue weighted by atomic mass is 32.2. The summed E-state index contributed by atoms with van der Waals surface area (Å²) in [6, 6.07) is 1.87. The molecule has 1 N–H and O–H groups in total. The van der Waals surface area contributed by atoms with E-state index in [4.69, 9.17) is 4.74 Å². The number of fused-ring (bicyclic) bond motifs is 2. The molecule has 8 nitrogen and oxygen atoms in total. The number of hydrogen-bond acceptors (Lipinski definition) is 7. The van der Waals surface area contributed by atoms with Gasteiger partial charge in [-0.3, -0.25) is 9.59 Å². The van der Waals surface area contributed by atoms with E-state index in [-0.39, 0.29) is 29.2 Å². The molecule has 182 valence electrons. The first-order valence-electron chi connectivity index (χ1n) is 11.8. The molecular formula is C25H31N3O5S. The Morgan fingerprint density at radius 1 is 1.29 bits per heavy atom. The fourth-order valence-corrected chi connectivity index (χ4v) is 6.28. The number of ether oxygens (including phenoxy) is 1. The van der Waals surface area contributed by atoms with E-state index in [0.717, 1.165) is 23.4 Å². The highest BCUT2D eigenvalue weighted by Crippen LogP contribution is 2.46. The summed E-state index contributed by atoms with van der Waals surface area (Å²) in [4.78, 5) is 27.6. The number of hydrogen-bond donors (Lipinski definition) is 1. The van der Waals surface area contributed by atoms with Crippen molar-refractivity contribution in [2.75, 3.05) is 32.2 Å². The molecular weight excluding hydrogens is 454 g/mol. The van der Waals surface area contributed by atoms with Gasteiger partial charge in [-0.2, -0.15) is 0 Å². The zero-order valence-corrected chi connectivity index (χ0v) is 20.7. The summed E-state index contributed by atoms with van der Waals surface area (Å²) in [5, 5.41) is 3.51. The maximum atomic E-state index is 13.4. The number of rotatable bonds is 7. The first-order chi connectivity index (χ1) is 16.2. The van der Waals surface area contributed by atoms with Gasteiger partial charge in [-0.15, -0.1) is 0 Å². The van der Waals surface area contributed by atoms with Gasteiger partial charge in [-0.1, -0.05) is 0 Å². The summed E-state index contributed by atoms with van der Waals surface area (Å²) >= 11 is 0. The van der Waals surface area contributed by atoms with Gasteiger partial charge < -0.3 is 19.5 Å². The molecule has 2 atom stereocenters. The molecule has 0 saturated heterocycles. The normalized spacial score (nSPS) is 23.4. The van der Waals surface area contributed by atoms with Crippen LogP contribution >= 0.6 is 0 Å². The fourth-order valence-electron chi connectivity index (χ4n) is 5.48. The molecule has 3 heterocycles. The molecule has 0 amide bonds. The number of methoxy groups -OCH3 is 1. The Morgan fingerprint density at radius 3 is 2.74 bits per heavy atom. The molecule has 5 rings (SSSR count). The quantitative estimate of drug-likeness (QED) is 0.587. The molecule has 4 aliphatic rings. The van der Waals surface area contributed by atoms with Crippen LogP contribution in [0.2, 0.25) is 0 Å². The van der Waals surface area contributed by atoms with Gasteiger partial charge in [0.05, 0.1) is 30.2 Å². The number of aryl methyl sites for hydroxylation is 1. The Labute approximate surface area is 199 Å². The third-order valence-electron chi connectivity index (χ3n) is 7.25. The average molecular weight is 486 g/mol. The number of carbonyl (C=O) groups is 1. The summed E-state index contributed by atoms with van der Waals surface area (Å²) in [6.07, 6.45) is 10.4. The van der Waals surface area contributed by atoms with Crippen LogP contribution < -0.4 is 10.9 Å². The van der Waals surface area contributed by atoms with Crippen molar-refractivity contribution < 1.29 is 17.9 Å². The summed E-state index contributed by atoms with van der Waals surface area (Å²) in [5.41, 5.74) is 4.46. The SMILES string of the molecule is COC(=O)CCC1CNC2=C3C(=CN(CC4CC4)C31)C=C(CS(C)(=O)=O)c1ccn(C)c(=O)c12. The van der Waals surface area contributed by atoms with Gasteiger partial charge in [0.2, 0.25) is 0 Å². The molecule has 2 aliphatic heterocycles. The Balaban J connectivity index is 1.66. The van der Waals surface area contributed by atoms with Gasteiger partial charge in [-0.05, 0) is 54.0 Å². The predicted molar refractivity (Wildman–Crippen MR) is 130 cm³/mol. The van der Waals surface area contributed by atoms with Crippen LogP contribution in [0.4, 0.5) is 0 Å². The highest BCUT2D eigenvalue weighted by Gasteiger charge is 2.44. The van der Waals surface area contributed by atoms with Crippen molar-refractivity contribution >= 4 is 27.1 Å². The summed E-state index contributed by atoms with van der Waals surface area (Å²) < 4.78 is 31.0. The smallest absolute Gasteiger partial charge is 0.305 e. The highest BCUT2D eigenvalue weighted by molar-refractivity contribution is 7.91. The third kappa shape index (κ3) is 4.21. The van der Waals surface area contributed by atoms with Crippen LogP contribution in [0, 0.1) is 11.8 Å². The van der Waals surface area contributed by atoms with Crippen molar-refractivity contribution in [3.05, 3.63) is 57.2 Å². The molecule has 0 aromatic carbocycles. The lowest BCUT2D eigenvalue weighted by Gasteiger charge is -2.39. The van der Waals surface area contributed by atoms with E-state index in [1.54, 1.807) is 13.2 Å². The largest absolute Gasteiger partial charge is 0.469 e. The topological polar surface area (TPSA) is 97.7 Å². The minimum atomic E-state index is -3.32. The van der Waals surface area contributed by atoms with E-state index in [1.165, 1.54) is 30.8 Å². The third-order valence-corrected chi connectivity index (χ3v) is 8.09. The number of allylic oxidation sites excluding steroid dienone is 1. The first-order valence-corrected chi connectivity index (χ1v) is 13.8. The first kappa shape index (κ1) is 23.0. The molecule has 0 bridgehead atoms. The number of nitrogens with zero attached hydrogens (tertiary/aromatic N) is 2. The van der Waals surface area contributed by atoms with Gasteiger partial charge in [0, 0.05) is 56.7 Å². The van der Waals surface area contributed by atoms with Crippen LogP contribution in [-0.2, 0) is 26.4 Å². The molecule has 1 fully saturated rings. The number of sulfone groups is 1. The summed E-state index contributed by atoms with van der Waals surface area (Å²) in [6.45, 7) is 1.55. The lowest BCUT2D eigenvalue weighted by atomic mass is 9.82. The Hall–Kier alpha value is -2.81. The van der Waals surface area contributed by atoms with Crippen LogP contribution in [0.1, 0.15) is 36.8 Å². The molecule has 0 spiro atoms. The van der Waals surface area contributed by atoms with Crippen LogP contribution in [0.25, 0.3) is 11.3 Å². The van der Waals surface area contributed by atoms with Gasteiger partial charge in [0.25, 0.3) is 5.56 Å². The van der Waals surface area contributed by atoms with Gasteiger partial charge in [0.15, 0.2) is 9.84 Å². The van der Waals surface area contributed by atoms with Gasteiger partial charge >= 0.3 is 5.97 Å². The van der Waals surface area contributed by atoms with E-state index < -0.39 is 9.84 Å². The molecule has 1 aromatic heterocycles. The average Bonchev–Trinajstić information content (AvgIpc) is 3.54. The standard InChI is InChI=1S/C25H31N3O5S/c1-27-9-8-19-18(14-34(3,31)32)10-17-13-28(12-15-4-5-15)24-16(6-7-20(29)33-2)11-26-23(21(17)24)22(19)25(27)30/h8-10,13,15-16,24,26H,4-7,11-12,14H2,1-3H3. The number of esters is 1. The van der Waals surface area contributed by atoms with Gasteiger partial charge in [-0.25, -0.2) is 8.42 Å². The van der Waals surface area contributed by atoms with Crippen LogP contribution in [-0.4, -0.2) is 62.1 Å². The maximum absolute atomic E-state index is 13.4. The summed E-state index contributed by atoms with van der Waals surface area (Å²) in [7, 11) is -0.202. The Bertz CT molecular complexity index is 1300. The number of nitrogens with one attached hydrogen (secondary N) is 1. The Kier molecular flexibility index (Phi) is 5.70. The molecule has 0 radical (unpaired) electrons. The van der Waals surface area contributed by atoms with Crippen molar-refractivity contribution in [1.82, 2.24) is 14.8 Å². The molecule has 34 heavy (non-hydrogen) atoms. The van der Waals surface area contributed by atoms with Crippen molar-refractivity contribution in [1.29, 1.82) is 0 Å². The van der Waals surface area contributed by atoms with E-state index in [1.807, 2.05) is 12.1 Å². The molecule has 1 aromatic rings. The van der Waals surface area contributed by atoms with Crippen LogP contribution in [0.15, 0.2) is 40.5 Å². The minimum Gasteiger partial charge on any atom is -0.469 e. The van der Waals surface area contributed by atoms with Crippen molar-refractivity contribution in [2.45, 2.75) is 31.7 Å². The van der Waals surface area contributed by atoms with Crippen LogP contribution in [0.5, 0.6) is 0 Å². The van der Waals surface area contributed by atoms with E-state index in [2.05, 4.69) is 16.4 Å². The monoisotopic (exact) mass is 485 g/mol. The van der Waals surface area contributed by atoms with Crippen molar-refractivity contribution in [3.63, 3.8) is 0 Å². The van der Waals surface area contributed by atoms with Crippen molar-refractivity contribution in [3.8, 4) is 0 Å². The van der Waals surface area contributed by atoms with Crippen molar-refractivity contribution in [2.24, 2.45) is 18.9 Å². The Morgan fingerprint density at radius 2 is 2.06 bits per heavy atom. The van der Waals surface area contributed by atoms with E-state index in [9.17, 15) is 18.0 Å². The number of pyridine rings is 1. The zero-order chi connectivity index (χ0) is 24.2. The van der Waals surface area contributed by atoms with Gasteiger partial charge in [0.1, 0.15) is 0 Å². The minimum absolute atomic E-state index is 0.0307. The van der Waals surface area contributed by atoms with E-state index >= 15 is 0 Å². The second kappa shape index (κ2) is 8.45. The lowest BCUT2D eigenvalue weighted by Crippen LogP contribution is -2.46. The molecule has 9 heteroatoms. The predicted octanol–water partition coefficient (Wildman–Crippen LogP) is 1.69. The van der Waals surface area contributed by atoms with E-state index in [0.29, 0.717) is 42.0 Å². The molecule has 1 saturated carbocycles. The summed E-state index contributed by atoms with van der Waals surface area (Å²) in [5.74, 6) is 0.449.